The first kappa shape index (κ1) is 23.5. The van der Waals surface area contributed by atoms with Crippen LogP contribution in [-0.4, -0.2) is 46.0 Å². The third-order valence-electron chi connectivity index (χ3n) is 5.23. The highest BCUT2D eigenvalue weighted by molar-refractivity contribution is 5.92. The van der Waals surface area contributed by atoms with Crippen molar-refractivity contribution in [3.8, 4) is 0 Å². The number of ether oxygens (including phenoxy) is 1. The van der Waals surface area contributed by atoms with E-state index in [1.165, 1.54) is 4.90 Å². The van der Waals surface area contributed by atoms with Crippen LogP contribution in [0.4, 0.5) is 10.6 Å². The first-order valence-corrected chi connectivity index (χ1v) is 10.8. The van der Waals surface area contributed by atoms with Gasteiger partial charge in [0.2, 0.25) is 0 Å². The van der Waals surface area contributed by atoms with Crippen molar-refractivity contribution in [3.05, 3.63) is 60.7 Å². The Balaban J connectivity index is 1.79. The molecule has 0 radical (unpaired) electrons. The van der Waals surface area contributed by atoms with E-state index in [2.05, 4.69) is 21.9 Å². The summed E-state index contributed by atoms with van der Waals surface area (Å²) in [6.45, 7) is 11.2. The summed E-state index contributed by atoms with van der Waals surface area (Å²) in [6, 6.07) is 3.66. The average Bonchev–Trinajstić information content (AvgIpc) is 2.75. The van der Waals surface area contributed by atoms with Gasteiger partial charge in [0.25, 0.3) is 0 Å². The Morgan fingerprint density at radius 3 is 2.66 bits per heavy atom. The third kappa shape index (κ3) is 5.53. The van der Waals surface area contributed by atoms with Crippen molar-refractivity contribution in [2.75, 3.05) is 11.9 Å². The molecule has 3 heterocycles. The van der Waals surface area contributed by atoms with Gasteiger partial charge in [-0.1, -0.05) is 12.2 Å². The molecular formula is C25H32N4O3. The Morgan fingerprint density at radius 1 is 1.31 bits per heavy atom. The van der Waals surface area contributed by atoms with Crippen LogP contribution in [0.5, 0.6) is 0 Å². The number of pyridine rings is 2. The Labute approximate surface area is 189 Å². The predicted octanol–water partition coefficient (Wildman–Crippen LogP) is 4.59. The van der Waals surface area contributed by atoms with Crippen molar-refractivity contribution >= 4 is 28.3 Å². The van der Waals surface area contributed by atoms with E-state index in [0.717, 1.165) is 34.0 Å². The van der Waals surface area contributed by atoms with E-state index in [0.29, 0.717) is 12.2 Å². The number of carbonyl (C=O) groups is 1. The van der Waals surface area contributed by atoms with E-state index in [1.54, 1.807) is 19.4 Å². The van der Waals surface area contributed by atoms with E-state index < -0.39 is 17.8 Å². The van der Waals surface area contributed by atoms with Crippen molar-refractivity contribution in [1.29, 1.82) is 0 Å². The van der Waals surface area contributed by atoms with Crippen molar-refractivity contribution < 1.29 is 14.6 Å². The van der Waals surface area contributed by atoms with Gasteiger partial charge >= 0.3 is 6.09 Å². The molecule has 0 saturated heterocycles. The second kappa shape index (κ2) is 9.53. The van der Waals surface area contributed by atoms with Crippen LogP contribution < -0.4 is 10.2 Å². The van der Waals surface area contributed by atoms with Gasteiger partial charge in [0.15, 0.2) is 0 Å². The lowest BCUT2D eigenvalue weighted by Gasteiger charge is -2.26. The Morgan fingerprint density at radius 2 is 2.00 bits per heavy atom. The molecule has 0 saturated carbocycles. The number of hydrogen-bond donors (Lipinski definition) is 2. The number of anilines is 1. The van der Waals surface area contributed by atoms with E-state index >= 15 is 0 Å². The fourth-order valence-corrected chi connectivity index (χ4v) is 3.45. The number of aliphatic hydroxyl groups excluding tert-OH is 1. The third-order valence-corrected chi connectivity index (χ3v) is 5.23. The highest BCUT2D eigenvalue weighted by Crippen LogP contribution is 2.28. The van der Waals surface area contributed by atoms with Crippen molar-refractivity contribution in [1.82, 2.24) is 15.3 Å². The Hall–Kier alpha value is -3.19. The summed E-state index contributed by atoms with van der Waals surface area (Å²) in [4.78, 5) is 22.8. The van der Waals surface area contributed by atoms with E-state index in [1.807, 2.05) is 58.2 Å². The number of aromatic nitrogens is 2. The number of fused-ring (bicyclic) bond motifs is 1. The smallest absolute Gasteiger partial charge is 0.415 e. The molecule has 1 aliphatic heterocycles. The molecule has 170 valence electrons. The van der Waals surface area contributed by atoms with Crippen LogP contribution in [0.3, 0.4) is 0 Å². The summed E-state index contributed by atoms with van der Waals surface area (Å²) in [7, 11) is 1.64. The maximum Gasteiger partial charge on any atom is 0.415 e. The molecule has 2 N–H and O–H groups in total. The van der Waals surface area contributed by atoms with Crippen molar-refractivity contribution in [2.45, 2.75) is 58.3 Å². The van der Waals surface area contributed by atoms with E-state index in [-0.39, 0.29) is 6.04 Å². The fourth-order valence-electron chi connectivity index (χ4n) is 3.45. The molecule has 0 fully saturated rings. The number of rotatable bonds is 6. The van der Waals surface area contributed by atoms with Gasteiger partial charge in [-0.15, -0.1) is 6.58 Å². The SMILES string of the molecule is C=CCCC(O)C1C=C(C)C(c2cc3cnc(N(C)C(=O)OC(C)(C)C)cc3cn2)=CN1. The van der Waals surface area contributed by atoms with E-state index in [9.17, 15) is 9.90 Å². The highest BCUT2D eigenvalue weighted by Gasteiger charge is 2.22. The lowest BCUT2D eigenvalue weighted by molar-refractivity contribution is 0.0588. The van der Waals surface area contributed by atoms with Gasteiger partial charge in [-0.25, -0.2) is 9.78 Å². The minimum atomic E-state index is -0.577. The van der Waals surface area contributed by atoms with Crippen LogP contribution >= 0.6 is 0 Å². The second-order valence-corrected chi connectivity index (χ2v) is 9.03. The minimum Gasteiger partial charge on any atom is -0.443 e. The normalized spacial score (nSPS) is 17.1. The zero-order valence-electron chi connectivity index (χ0n) is 19.4. The standard InChI is InChI=1S/C25H32N4O3/c1-7-8-9-22(30)21-10-16(2)19(15-27-21)20-11-17-14-28-23(12-18(17)13-26-20)29(6)24(31)32-25(3,4)5/h7,10-15,21-22,27,30H,1,8-9H2,2-6H3. The molecule has 3 rings (SSSR count). The molecule has 32 heavy (non-hydrogen) atoms. The van der Waals surface area contributed by atoms with Crippen LogP contribution in [0.25, 0.3) is 16.3 Å². The van der Waals surface area contributed by atoms with Gasteiger partial charge in [-0.3, -0.25) is 9.88 Å². The number of aliphatic hydroxyl groups is 1. The molecule has 2 aromatic heterocycles. The Bertz CT molecular complexity index is 1070. The van der Waals surface area contributed by atoms with Crippen molar-refractivity contribution in [3.63, 3.8) is 0 Å². The monoisotopic (exact) mass is 436 g/mol. The maximum atomic E-state index is 12.3. The number of nitrogens with one attached hydrogen (secondary N) is 1. The number of dihydropyridines is 1. The van der Waals surface area contributed by atoms with Gasteiger partial charge in [0, 0.05) is 42.0 Å². The van der Waals surface area contributed by atoms with E-state index in [4.69, 9.17) is 4.74 Å². The zero-order valence-corrected chi connectivity index (χ0v) is 19.4. The molecule has 0 aromatic carbocycles. The molecule has 2 atom stereocenters. The summed E-state index contributed by atoms with van der Waals surface area (Å²) in [6.07, 6.45) is 9.75. The fraction of sp³-hybridized carbons (Fsp3) is 0.400. The topological polar surface area (TPSA) is 87.6 Å². The summed E-state index contributed by atoms with van der Waals surface area (Å²) in [5.74, 6) is 0.493. The predicted molar refractivity (Wildman–Crippen MR) is 128 cm³/mol. The summed E-state index contributed by atoms with van der Waals surface area (Å²) >= 11 is 0. The average molecular weight is 437 g/mol. The summed E-state index contributed by atoms with van der Waals surface area (Å²) in [5, 5.41) is 15.4. The van der Waals surface area contributed by atoms with Crippen LogP contribution in [0.2, 0.25) is 0 Å². The van der Waals surface area contributed by atoms with Crippen molar-refractivity contribution in [2.24, 2.45) is 0 Å². The highest BCUT2D eigenvalue weighted by atomic mass is 16.6. The van der Waals surface area contributed by atoms with Crippen LogP contribution in [0.1, 0.15) is 46.2 Å². The van der Waals surface area contributed by atoms with Crippen LogP contribution in [0.15, 0.2) is 55.0 Å². The van der Waals surface area contributed by atoms with Gasteiger partial charge in [0.05, 0.1) is 17.8 Å². The number of carbonyl (C=O) groups excluding carboxylic acids is 1. The molecule has 7 nitrogen and oxygen atoms in total. The summed E-state index contributed by atoms with van der Waals surface area (Å²) in [5.41, 5.74) is 2.25. The lowest BCUT2D eigenvalue weighted by atomic mass is 9.95. The second-order valence-electron chi connectivity index (χ2n) is 9.03. The molecule has 1 aliphatic rings. The quantitative estimate of drug-likeness (QED) is 0.644. The first-order chi connectivity index (χ1) is 15.1. The maximum absolute atomic E-state index is 12.3. The number of nitrogens with zero attached hydrogens (tertiary/aromatic N) is 3. The Kier molecular flexibility index (Phi) is 6.99. The van der Waals surface area contributed by atoms with Gasteiger partial charge in [-0.05, 0) is 58.2 Å². The number of allylic oxidation sites excluding steroid dienone is 3. The summed E-state index contributed by atoms with van der Waals surface area (Å²) < 4.78 is 5.41. The molecule has 0 bridgehead atoms. The van der Waals surface area contributed by atoms with Gasteiger partial charge in [-0.2, -0.15) is 0 Å². The minimum absolute atomic E-state index is 0.133. The molecule has 2 aromatic rings. The largest absolute Gasteiger partial charge is 0.443 e. The molecule has 0 spiro atoms. The molecular weight excluding hydrogens is 404 g/mol. The molecule has 2 unspecified atom stereocenters. The van der Waals surface area contributed by atoms with Gasteiger partial charge in [0.1, 0.15) is 11.4 Å². The van der Waals surface area contributed by atoms with Gasteiger partial charge < -0.3 is 15.2 Å². The van der Waals surface area contributed by atoms with Crippen LogP contribution in [0, 0.1) is 0 Å². The zero-order chi connectivity index (χ0) is 23.5. The molecule has 0 aliphatic carbocycles. The number of amides is 1. The lowest BCUT2D eigenvalue weighted by Crippen LogP contribution is -2.37. The van der Waals surface area contributed by atoms with Crippen LogP contribution in [-0.2, 0) is 4.74 Å². The first-order valence-electron chi connectivity index (χ1n) is 10.8. The molecule has 1 amide bonds. The molecule has 7 heteroatoms. The number of hydrogen-bond acceptors (Lipinski definition) is 6.